The van der Waals surface area contributed by atoms with E-state index < -0.39 is 0 Å². The Labute approximate surface area is 404 Å². The topological polar surface area (TPSA) is 29.1 Å². The van der Waals surface area contributed by atoms with Crippen molar-refractivity contribution in [1.29, 1.82) is 0 Å². The van der Waals surface area contributed by atoms with E-state index in [0.29, 0.717) is 6.42 Å². The molecule has 0 aromatic heterocycles. The van der Waals surface area contributed by atoms with E-state index in [9.17, 15) is 4.79 Å². The molecule has 1 amide bonds. The zero-order valence-corrected chi connectivity index (χ0v) is 44.0. The van der Waals surface area contributed by atoms with E-state index in [0.717, 1.165) is 12.1 Å². The summed E-state index contributed by atoms with van der Waals surface area (Å²) in [7, 11) is 0. The van der Waals surface area contributed by atoms with Gasteiger partial charge in [0.15, 0.2) is 0 Å². The highest BCUT2D eigenvalue weighted by Gasteiger charge is 2.03. The fourth-order valence-corrected chi connectivity index (χ4v) is 10.1. The van der Waals surface area contributed by atoms with Gasteiger partial charge in [0.1, 0.15) is 0 Å². The van der Waals surface area contributed by atoms with Gasteiger partial charge in [-0.1, -0.05) is 359 Å². The first-order valence-electron chi connectivity index (χ1n) is 30.2. The fraction of sp³-hybridized carbons (Fsp3) is 0.887. The number of benzene rings is 1. The quantitative estimate of drug-likeness (QED) is 0.0649. The molecule has 0 spiro atoms. The number of anilines is 1. The number of carbonyl (C=O) groups excluding carboxylic acids is 1. The van der Waals surface area contributed by atoms with Crippen molar-refractivity contribution in [2.45, 2.75) is 354 Å². The molecule has 2 heteroatoms. The minimum absolute atomic E-state index is 0.152. The van der Waals surface area contributed by atoms with Crippen LogP contribution in [0.25, 0.3) is 0 Å². The largest absolute Gasteiger partial charge is 0.326 e. The van der Waals surface area contributed by atoms with E-state index in [1.165, 1.54) is 334 Å². The Morgan fingerprint density at radius 2 is 0.438 bits per heavy atom. The maximum absolute atomic E-state index is 12.0. The average Bonchev–Trinajstić information content (AvgIpc) is 3.31. The maximum atomic E-state index is 12.0. The van der Waals surface area contributed by atoms with Crippen LogP contribution in [-0.2, 0) is 4.79 Å². The molecular weight excluding hydrogens is 775 g/mol. The third-order valence-electron chi connectivity index (χ3n) is 14.6. The highest BCUT2D eigenvalue weighted by molar-refractivity contribution is 5.90. The lowest BCUT2D eigenvalue weighted by Crippen LogP contribution is -2.10. The van der Waals surface area contributed by atoms with Crippen LogP contribution in [0.1, 0.15) is 354 Å². The zero-order chi connectivity index (χ0) is 45.6. The Morgan fingerprint density at radius 1 is 0.266 bits per heavy atom. The van der Waals surface area contributed by atoms with Gasteiger partial charge in [-0.2, -0.15) is 0 Å². The first-order chi connectivity index (χ1) is 31.8. The molecule has 0 heterocycles. The van der Waals surface area contributed by atoms with Crippen LogP contribution in [-0.4, -0.2) is 5.91 Å². The van der Waals surface area contributed by atoms with Gasteiger partial charge in [-0.05, 0) is 18.6 Å². The Kier molecular flexibility index (Phi) is 51.5. The smallest absolute Gasteiger partial charge is 0.224 e. The summed E-state index contributed by atoms with van der Waals surface area (Å²) in [6.07, 6.45) is 77.6. The third kappa shape index (κ3) is 50.1. The summed E-state index contributed by atoms with van der Waals surface area (Å²) in [5, 5.41) is 2.99. The monoisotopic (exact) mass is 892 g/mol. The summed E-state index contributed by atoms with van der Waals surface area (Å²) in [6, 6.07) is 9.80. The van der Waals surface area contributed by atoms with Crippen LogP contribution < -0.4 is 5.32 Å². The van der Waals surface area contributed by atoms with Gasteiger partial charge in [0, 0.05) is 12.1 Å². The third-order valence-corrected chi connectivity index (χ3v) is 14.6. The van der Waals surface area contributed by atoms with E-state index in [1.54, 1.807) is 0 Å². The van der Waals surface area contributed by atoms with Crippen LogP contribution in [0, 0.1) is 0 Å². The normalized spacial score (nSPS) is 11.5. The van der Waals surface area contributed by atoms with Crippen molar-refractivity contribution in [1.82, 2.24) is 0 Å². The number of hydrogen-bond acceptors (Lipinski definition) is 1. The van der Waals surface area contributed by atoms with Crippen LogP contribution in [0.5, 0.6) is 0 Å². The summed E-state index contributed by atoms with van der Waals surface area (Å²) < 4.78 is 0. The van der Waals surface area contributed by atoms with Gasteiger partial charge in [-0.15, -0.1) is 0 Å². The van der Waals surface area contributed by atoms with Crippen LogP contribution >= 0.6 is 0 Å². The SMILES string of the molecule is CCCCCCCCCCCCCCCCCCCCCCCCCCCCCCCCCCCCCCCCCCCCCCCCCCCCCCCC(=O)Nc1ccccc1. The van der Waals surface area contributed by atoms with Crippen LogP contribution in [0.2, 0.25) is 0 Å². The zero-order valence-electron chi connectivity index (χ0n) is 44.0. The second-order valence-electron chi connectivity index (χ2n) is 21.0. The van der Waals surface area contributed by atoms with Gasteiger partial charge in [0.2, 0.25) is 5.91 Å². The van der Waals surface area contributed by atoms with E-state index >= 15 is 0 Å². The lowest BCUT2D eigenvalue weighted by Gasteiger charge is -2.05. The molecule has 0 bridgehead atoms. The molecule has 0 aliphatic rings. The summed E-state index contributed by atoms with van der Waals surface area (Å²) in [6.45, 7) is 2.31. The minimum atomic E-state index is 0.152. The van der Waals surface area contributed by atoms with Crippen molar-refractivity contribution < 1.29 is 4.79 Å². The predicted molar refractivity (Wildman–Crippen MR) is 290 cm³/mol. The van der Waals surface area contributed by atoms with Crippen molar-refractivity contribution in [2.75, 3.05) is 5.32 Å². The molecule has 0 saturated carbocycles. The Hall–Kier alpha value is -1.31. The number of amides is 1. The summed E-state index contributed by atoms with van der Waals surface area (Å²) in [4.78, 5) is 12.0. The van der Waals surface area contributed by atoms with E-state index in [1.807, 2.05) is 30.3 Å². The van der Waals surface area contributed by atoms with Crippen LogP contribution in [0.15, 0.2) is 30.3 Å². The molecular formula is C62H117NO. The van der Waals surface area contributed by atoms with Gasteiger partial charge in [0.25, 0.3) is 0 Å². The molecule has 1 N–H and O–H groups in total. The van der Waals surface area contributed by atoms with Crippen molar-refractivity contribution in [3.63, 3.8) is 0 Å². The minimum Gasteiger partial charge on any atom is -0.326 e. The van der Waals surface area contributed by atoms with Gasteiger partial charge in [0.05, 0.1) is 0 Å². The molecule has 0 unspecified atom stereocenters. The number of nitrogens with one attached hydrogen (secondary N) is 1. The molecule has 0 saturated heterocycles. The molecule has 376 valence electrons. The lowest BCUT2D eigenvalue weighted by molar-refractivity contribution is -0.116. The fourth-order valence-electron chi connectivity index (χ4n) is 10.1. The van der Waals surface area contributed by atoms with Crippen LogP contribution in [0.4, 0.5) is 5.69 Å². The van der Waals surface area contributed by atoms with Crippen molar-refractivity contribution in [3.05, 3.63) is 30.3 Å². The first-order valence-corrected chi connectivity index (χ1v) is 30.2. The van der Waals surface area contributed by atoms with Gasteiger partial charge < -0.3 is 5.32 Å². The average molecular weight is 893 g/mol. The Morgan fingerprint density at radius 3 is 0.625 bits per heavy atom. The molecule has 0 radical (unpaired) electrons. The van der Waals surface area contributed by atoms with E-state index in [2.05, 4.69) is 12.2 Å². The number of hydrogen-bond donors (Lipinski definition) is 1. The molecule has 0 atom stereocenters. The molecule has 0 fully saturated rings. The number of para-hydroxylation sites is 1. The Balaban J connectivity index is 1.60. The highest BCUT2D eigenvalue weighted by atomic mass is 16.1. The number of carbonyl (C=O) groups is 1. The van der Waals surface area contributed by atoms with Gasteiger partial charge in [-0.3, -0.25) is 4.79 Å². The summed E-state index contributed by atoms with van der Waals surface area (Å²) in [5.74, 6) is 0.152. The van der Waals surface area contributed by atoms with Gasteiger partial charge in [-0.25, -0.2) is 0 Å². The standard InChI is InChI=1S/C62H117NO/c1-2-3-4-5-6-7-8-9-10-11-12-13-14-15-16-17-18-19-20-21-22-23-24-25-26-27-28-29-30-31-32-33-34-35-36-37-38-39-40-41-42-43-44-45-46-47-48-49-50-51-52-53-57-60-62(64)63-61-58-55-54-56-59-61/h54-56,58-59H,2-53,57,60H2,1H3,(H,63,64). The van der Waals surface area contributed by atoms with E-state index in [4.69, 9.17) is 0 Å². The number of rotatable bonds is 55. The second-order valence-corrected chi connectivity index (χ2v) is 21.0. The second kappa shape index (κ2) is 54.3. The lowest BCUT2D eigenvalue weighted by atomic mass is 10.0. The van der Waals surface area contributed by atoms with Crippen molar-refractivity contribution in [3.8, 4) is 0 Å². The molecule has 64 heavy (non-hydrogen) atoms. The first kappa shape index (κ1) is 60.7. The summed E-state index contributed by atoms with van der Waals surface area (Å²) >= 11 is 0. The number of unbranched alkanes of at least 4 members (excludes halogenated alkanes) is 52. The highest BCUT2D eigenvalue weighted by Crippen LogP contribution is 2.19. The van der Waals surface area contributed by atoms with Crippen LogP contribution in [0.3, 0.4) is 0 Å². The molecule has 0 aliphatic carbocycles. The predicted octanol–water partition coefficient (Wildman–Crippen LogP) is 22.7. The summed E-state index contributed by atoms with van der Waals surface area (Å²) in [5.41, 5.74) is 0.908. The molecule has 1 aromatic rings. The molecule has 1 rings (SSSR count). The molecule has 1 aromatic carbocycles. The maximum Gasteiger partial charge on any atom is 0.224 e. The van der Waals surface area contributed by atoms with Gasteiger partial charge >= 0.3 is 0 Å². The van der Waals surface area contributed by atoms with Crippen molar-refractivity contribution >= 4 is 11.6 Å². The molecule has 2 nitrogen and oxygen atoms in total. The van der Waals surface area contributed by atoms with Crippen molar-refractivity contribution in [2.24, 2.45) is 0 Å². The van der Waals surface area contributed by atoms with E-state index in [-0.39, 0.29) is 5.91 Å². The molecule has 0 aliphatic heterocycles. The Bertz CT molecular complexity index is 990.